The third kappa shape index (κ3) is 2.16. The van der Waals surface area contributed by atoms with E-state index in [0.717, 1.165) is 19.3 Å². The Morgan fingerprint density at radius 3 is 2.87 bits per heavy atom. The molecule has 1 unspecified atom stereocenters. The summed E-state index contributed by atoms with van der Waals surface area (Å²) < 4.78 is 5.19. The lowest BCUT2D eigenvalue weighted by molar-refractivity contribution is -0.160. The first-order valence-electron chi connectivity index (χ1n) is 5.73. The van der Waals surface area contributed by atoms with Crippen molar-refractivity contribution in [1.29, 1.82) is 0 Å². The first-order chi connectivity index (χ1) is 7.14. The lowest BCUT2D eigenvalue weighted by atomic mass is 9.88. The van der Waals surface area contributed by atoms with E-state index in [4.69, 9.17) is 4.74 Å². The van der Waals surface area contributed by atoms with E-state index < -0.39 is 5.60 Å². The molecule has 0 aromatic heterocycles. The van der Waals surface area contributed by atoms with Gasteiger partial charge in [0.25, 0.3) is 0 Å². The van der Waals surface area contributed by atoms with E-state index in [2.05, 4.69) is 0 Å². The molecule has 2 saturated heterocycles. The number of rotatable bonds is 3. The van der Waals surface area contributed by atoms with Gasteiger partial charge in [0.2, 0.25) is 5.91 Å². The van der Waals surface area contributed by atoms with E-state index in [1.54, 1.807) is 4.90 Å². The molecule has 4 heteroatoms. The molecular weight excluding hydrogens is 194 g/mol. The fourth-order valence-corrected chi connectivity index (χ4v) is 2.43. The average Bonchev–Trinajstić information content (AvgIpc) is 2.66. The van der Waals surface area contributed by atoms with Crippen LogP contribution in [0.2, 0.25) is 0 Å². The smallest absolute Gasteiger partial charge is 0.228 e. The Labute approximate surface area is 90.2 Å². The minimum atomic E-state index is -0.607. The quantitative estimate of drug-likeness (QED) is 0.738. The molecule has 0 aromatic rings. The van der Waals surface area contributed by atoms with Gasteiger partial charge in [-0.05, 0) is 12.8 Å². The molecular formula is C11H19NO3. The van der Waals surface area contributed by atoms with Gasteiger partial charge in [0.05, 0.1) is 31.2 Å². The number of ether oxygens (including phenoxy) is 1. The van der Waals surface area contributed by atoms with Gasteiger partial charge >= 0.3 is 0 Å². The molecule has 0 saturated carbocycles. The summed E-state index contributed by atoms with van der Waals surface area (Å²) in [6.45, 7) is 4.32. The van der Waals surface area contributed by atoms with E-state index in [9.17, 15) is 9.90 Å². The number of hydrogen-bond acceptors (Lipinski definition) is 3. The van der Waals surface area contributed by atoms with Crippen LogP contribution in [-0.2, 0) is 9.53 Å². The molecule has 0 aromatic carbocycles. The Morgan fingerprint density at radius 2 is 2.33 bits per heavy atom. The van der Waals surface area contributed by atoms with E-state index in [1.807, 2.05) is 6.92 Å². The Balaban J connectivity index is 1.80. The second-order valence-corrected chi connectivity index (χ2v) is 4.73. The predicted octanol–water partition coefficient (Wildman–Crippen LogP) is 0.396. The second-order valence-electron chi connectivity index (χ2n) is 4.73. The molecule has 0 radical (unpaired) electrons. The van der Waals surface area contributed by atoms with Crippen LogP contribution < -0.4 is 0 Å². The molecule has 2 aliphatic rings. The topological polar surface area (TPSA) is 49.8 Å². The van der Waals surface area contributed by atoms with Crippen molar-refractivity contribution in [3.63, 3.8) is 0 Å². The van der Waals surface area contributed by atoms with Crippen molar-refractivity contribution >= 4 is 5.91 Å². The highest BCUT2D eigenvalue weighted by Crippen LogP contribution is 2.28. The molecule has 0 aliphatic carbocycles. The maximum atomic E-state index is 11.9. The SMILES string of the molecule is CCCC1(O)CN(C(=O)C2CCOC2)C1. The summed E-state index contributed by atoms with van der Waals surface area (Å²) in [7, 11) is 0. The Kier molecular flexibility index (Phi) is 2.98. The van der Waals surface area contributed by atoms with Gasteiger partial charge in [-0.25, -0.2) is 0 Å². The van der Waals surface area contributed by atoms with Gasteiger partial charge in [0, 0.05) is 6.61 Å². The summed E-state index contributed by atoms with van der Waals surface area (Å²) >= 11 is 0. The third-order valence-electron chi connectivity index (χ3n) is 3.28. The van der Waals surface area contributed by atoms with Crippen molar-refractivity contribution in [2.75, 3.05) is 26.3 Å². The largest absolute Gasteiger partial charge is 0.386 e. The van der Waals surface area contributed by atoms with Crippen molar-refractivity contribution in [1.82, 2.24) is 4.90 Å². The minimum Gasteiger partial charge on any atom is -0.386 e. The molecule has 2 aliphatic heterocycles. The number of carbonyl (C=O) groups is 1. The van der Waals surface area contributed by atoms with Crippen LogP contribution in [0.15, 0.2) is 0 Å². The molecule has 2 heterocycles. The molecule has 0 spiro atoms. The van der Waals surface area contributed by atoms with Crippen LogP contribution in [0.3, 0.4) is 0 Å². The Morgan fingerprint density at radius 1 is 1.60 bits per heavy atom. The van der Waals surface area contributed by atoms with Crippen molar-refractivity contribution in [2.24, 2.45) is 5.92 Å². The number of aliphatic hydroxyl groups is 1. The highest BCUT2D eigenvalue weighted by Gasteiger charge is 2.44. The maximum Gasteiger partial charge on any atom is 0.228 e. The number of hydrogen-bond donors (Lipinski definition) is 1. The molecule has 86 valence electrons. The molecule has 1 N–H and O–H groups in total. The van der Waals surface area contributed by atoms with E-state index in [-0.39, 0.29) is 11.8 Å². The first-order valence-corrected chi connectivity index (χ1v) is 5.73. The zero-order valence-corrected chi connectivity index (χ0v) is 9.24. The van der Waals surface area contributed by atoms with Crippen LogP contribution in [0, 0.1) is 5.92 Å². The monoisotopic (exact) mass is 213 g/mol. The molecule has 0 bridgehead atoms. The highest BCUT2D eigenvalue weighted by molar-refractivity contribution is 5.80. The Bertz CT molecular complexity index is 242. The maximum absolute atomic E-state index is 11.9. The molecule has 4 nitrogen and oxygen atoms in total. The van der Waals surface area contributed by atoms with Crippen LogP contribution >= 0.6 is 0 Å². The van der Waals surface area contributed by atoms with Gasteiger partial charge in [-0.2, -0.15) is 0 Å². The van der Waals surface area contributed by atoms with E-state index in [1.165, 1.54) is 0 Å². The molecule has 15 heavy (non-hydrogen) atoms. The molecule has 2 fully saturated rings. The number of β-amino-alcohol motifs (C(OH)–C–C–N with tert-alkyl or cyclic N) is 1. The van der Waals surface area contributed by atoms with Crippen molar-refractivity contribution in [3.05, 3.63) is 0 Å². The predicted molar refractivity (Wildman–Crippen MR) is 55.4 cm³/mol. The van der Waals surface area contributed by atoms with Gasteiger partial charge in [-0.3, -0.25) is 4.79 Å². The Hall–Kier alpha value is -0.610. The van der Waals surface area contributed by atoms with Gasteiger partial charge in [0.1, 0.15) is 0 Å². The first kappa shape index (κ1) is 10.9. The van der Waals surface area contributed by atoms with Gasteiger partial charge in [0.15, 0.2) is 0 Å². The average molecular weight is 213 g/mol. The number of likely N-dealkylation sites (tertiary alicyclic amines) is 1. The summed E-state index contributed by atoms with van der Waals surface area (Å²) in [6.07, 6.45) is 2.59. The molecule has 1 atom stereocenters. The van der Waals surface area contributed by atoms with Crippen LogP contribution in [0.4, 0.5) is 0 Å². The van der Waals surface area contributed by atoms with E-state index in [0.29, 0.717) is 26.3 Å². The summed E-state index contributed by atoms with van der Waals surface area (Å²) in [5.41, 5.74) is -0.607. The van der Waals surface area contributed by atoms with Crippen molar-refractivity contribution < 1.29 is 14.6 Å². The van der Waals surface area contributed by atoms with Gasteiger partial charge < -0.3 is 14.7 Å². The van der Waals surface area contributed by atoms with Crippen molar-refractivity contribution in [2.45, 2.75) is 31.8 Å². The molecule has 2 rings (SSSR count). The summed E-state index contributed by atoms with van der Waals surface area (Å²) in [5.74, 6) is 0.199. The summed E-state index contributed by atoms with van der Waals surface area (Å²) in [4.78, 5) is 13.6. The fourth-order valence-electron chi connectivity index (χ4n) is 2.43. The second kappa shape index (κ2) is 4.10. The van der Waals surface area contributed by atoms with Gasteiger partial charge in [-0.15, -0.1) is 0 Å². The van der Waals surface area contributed by atoms with E-state index >= 15 is 0 Å². The normalized spacial score (nSPS) is 28.9. The van der Waals surface area contributed by atoms with Crippen LogP contribution in [0.5, 0.6) is 0 Å². The summed E-state index contributed by atoms with van der Waals surface area (Å²) in [5, 5.41) is 9.95. The van der Waals surface area contributed by atoms with Crippen LogP contribution in [-0.4, -0.2) is 47.8 Å². The van der Waals surface area contributed by atoms with Crippen LogP contribution in [0.1, 0.15) is 26.2 Å². The zero-order valence-electron chi connectivity index (χ0n) is 9.24. The highest BCUT2D eigenvalue weighted by atomic mass is 16.5. The number of nitrogens with zero attached hydrogens (tertiary/aromatic N) is 1. The summed E-state index contributed by atoms with van der Waals surface area (Å²) in [6, 6.07) is 0. The molecule has 1 amide bonds. The standard InChI is InChI=1S/C11H19NO3/c1-2-4-11(14)7-12(8-11)10(13)9-3-5-15-6-9/h9,14H,2-8H2,1H3. The fraction of sp³-hybridized carbons (Fsp3) is 0.909. The lowest BCUT2D eigenvalue weighted by Gasteiger charge is -2.47. The lowest BCUT2D eigenvalue weighted by Crippen LogP contribution is -2.64. The minimum absolute atomic E-state index is 0.0381. The third-order valence-corrected chi connectivity index (χ3v) is 3.28. The number of carbonyl (C=O) groups excluding carboxylic acids is 1. The van der Waals surface area contributed by atoms with Crippen molar-refractivity contribution in [3.8, 4) is 0 Å². The van der Waals surface area contributed by atoms with Gasteiger partial charge in [-0.1, -0.05) is 13.3 Å². The van der Waals surface area contributed by atoms with Crippen LogP contribution in [0.25, 0.3) is 0 Å². The zero-order chi connectivity index (χ0) is 10.9. The number of amides is 1.